The molecule has 0 amide bonds. The molecule has 1 aromatic heterocycles. The van der Waals surface area contributed by atoms with E-state index < -0.39 is 5.97 Å². The van der Waals surface area contributed by atoms with Crippen molar-refractivity contribution in [3.63, 3.8) is 0 Å². The van der Waals surface area contributed by atoms with E-state index in [1.807, 2.05) is 11.5 Å². The third-order valence-corrected chi connectivity index (χ3v) is 2.59. The second-order valence-corrected chi connectivity index (χ2v) is 3.44. The molecule has 13 heavy (non-hydrogen) atoms. The lowest BCUT2D eigenvalue weighted by Gasteiger charge is -2.21. The summed E-state index contributed by atoms with van der Waals surface area (Å²) in [6.45, 7) is 2.77. The van der Waals surface area contributed by atoms with E-state index in [4.69, 9.17) is 5.11 Å². The van der Waals surface area contributed by atoms with E-state index in [0.29, 0.717) is 0 Å². The maximum Gasteiger partial charge on any atom is 0.312 e. The first-order valence-corrected chi connectivity index (χ1v) is 4.44. The summed E-state index contributed by atoms with van der Waals surface area (Å²) in [6.07, 6.45) is 3.40. The van der Waals surface area contributed by atoms with Gasteiger partial charge in [-0.15, -0.1) is 0 Å². The zero-order chi connectivity index (χ0) is 9.42. The minimum Gasteiger partial charge on any atom is -0.481 e. The molecule has 1 aromatic rings. The largest absolute Gasteiger partial charge is 0.481 e. The highest BCUT2D eigenvalue weighted by molar-refractivity contribution is 5.76. The Bertz CT molecular complexity index is 343. The Morgan fingerprint density at radius 2 is 2.54 bits per heavy atom. The topological polar surface area (TPSA) is 55.1 Å². The van der Waals surface area contributed by atoms with Gasteiger partial charge in [-0.25, -0.2) is 4.98 Å². The number of carboxylic acid groups (broad SMARTS) is 1. The Morgan fingerprint density at radius 3 is 3.23 bits per heavy atom. The van der Waals surface area contributed by atoms with E-state index in [1.54, 1.807) is 6.33 Å². The molecule has 0 aliphatic carbocycles. The minimum atomic E-state index is -0.732. The van der Waals surface area contributed by atoms with Gasteiger partial charge in [0.25, 0.3) is 0 Å². The number of imidazole rings is 1. The van der Waals surface area contributed by atoms with Gasteiger partial charge >= 0.3 is 5.97 Å². The predicted octanol–water partition coefficient (Wildman–Crippen LogP) is 1.15. The van der Waals surface area contributed by atoms with Crippen LogP contribution in [0.25, 0.3) is 0 Å². The number of carbonyl (C=O) groups is 1. The summed E-state index contributed by atoms with van der Waals surface area (Å²) in [5.74, 6) is -1.08. The Kier molecular flexibility index (Phi) is 1.83. The van der Waals surface area contributed by atoms with E-state index in [-0.39, 0.29) is 5.92 Å². The summed E-state index contributed by atoms with van der Waals surface area (Å²) in [7, 11) is 0. The van der Waals surface area contributed by atoms with Crippen LogP contribution in [0.3, 0.4) is 0 Å². The number of aryl methyl sites for hydroxylation is 2. The van der Waals surface area contributed by atoms with Crippen molar-refractivity contribution in [1.29, 1.82) is 0 Å². The van der Waals surface area contributed by atoms with Gasteiger partial charge in [0.2, 0.25) is 0 Å². The molecule has 70 valence electrons. The van der Waals surface area contributed by atoms with Crippen LogP contribution in [-0.4, -0.2) is 20.6 Å². The van der Waals surface area contributed by atoms with Gasteiger partial charge < -0.3 is 9.67 Å². The number of fused-ring (bicyclic) bond motifs is 1. The molecule has 0 saturated heterocycles. The summed E-state index contributed by atoms with van der Waals surface area (Å²) >= 11 is 0. The van der Waals surface area contributed by atoms with Gasteiger partial charge in [0, 0.05) is 6.54 Å². The van der Waals surface area contributed by atoms with E-state index in [9.17, 15) is 4.79 Å². The van der Waals surface area contributed by atoms with E-state index in [0.717, 1.165) is 30.8 Å². The van der Waals surface area contributed by atoms with Crippen LogP contribution in [0.1, 0.15) is 30.1 Å². The zero-order valence-electron chi connectivity index (χ0n) is 7.53. The highest BCUT2D eigenvalue weighted by Gasteiger charge is 2.28. The standard InChI is InChI=1S/C9H12N2O2/c1-6-8-7(9(12)13)3-2-4-11(8)5-10-6/h5,7H,2-4H2,1H3,(H,12,13). The fraction of sp³-hybridized carbons (Fsp3) is 0.556. The molecule has 0 spiro atoms. The van der Waals surface area contributed by atoms with Gasteiger partial charge in [-0.1, -0.05) is 0 Å². The van der Waals surface area contributed by atoms with Crippen molar-refractivity contribution in [1.82, 2.24) is 9.55 Å². The first kappa shape index (κ1) is 8.29. The average molecular weight is 180 g/mol. The van der Waals surface area contributed by atoms with Crippen molar-refractivity contribution in [2.45, 2.75) is 32.2 Å². The smallest absolute Gasteiger partial charge is 0.312 e. The molecule has 0 radical (unpaired) electrons. The number of carboxylic acids is 1. The van der Waals surface area contributed by atoms with Crippen molar-refractivity contribution < 1.29 is 9.90 Å². The summed E-state index contributed by atoms with van der Waals surface area (Å²) in [6, 6.07) is 0. The maximum atomic E-state index is 10.9. The summed E-state index contributed by atoms with van der Waals surface area (Å²) in [5.41, 5.74) is 1.74. The molecular weight excluding hydrogens is 168 g/mol. The lowest BCUT2D eigenvalue weighted by Crippen LogP contribution is -2.21. The summed E-state index contributed by atoms with van der Waals surface area (Å²) < 4.78 is 1.96. The number of nitrogens with zero attached hydrogens (tertiary/aromatic N) is 2. The lowest BCUT2D eigenvalue weighted by atomic mass is 9.95. The van der Waals surface area contributed by atoms with Crippen LogP contribution in [0, 0.1) is 6.92 Å². The molecule has 0 saturated carbocycles. The average Bonchev–Trinajstić information content (AvgIpc) is 2.48. The Labute approximate surface area is 76.2 Å². The molecule has 1 aliphatic heterocycles. The van der Waals surface area contributed by atoms with Gasteiger partial charge in [0.15, 0.2) is 0 Å². The first-order chi connectivity index (χ1) is 6.20. The van der Waals surface area contributed by atoms with E-state index in [2.05, 4.69) is 4.98 Å². The van der Waals surface area contributed by atoms with Crippen LogP contribution in [0.2, 0.25) is 0 Å². The number of aromatic nitrogens is 2. The summed E-state index contributed by atoms with van der Waals surface area (Å²) in [5, 5.41) is 8.99. The molecule has 4 nitrogen and oxygen atoms in total. The maximum absolute atomic E-state index is 10.9. The van der Waals surface area contributed by atoms with Crippen LogP contribution in [0.5, 0.6) is 0 Å². The molecule has 0 fully saturated rings. The monoisotopic (exact) mass is 180 g/mol. The van der Waals surface area contributed by atoms with Crippen LogP contribution >= 0.6 is 0 Å². The third kappa shape index (κ3) is 1.22. The molecule has 1 aliphatic rings. The van der Waals surface area contributed by atoms with Crippen molar-refractivity contribution in [3.05, 3.63) is 17.7 Å². The fourth-order valence-electron chi connectivity index (χ4n) is 1.97. The Hall–Kier alpha value is -1.32. The van der Waals surface area contributed by atoms with Crippen LogP contribution in [-0.2, 0) is 11.3 Å². The van der Waals surface area contributed by atoms with Crippen LogP contribution in [0.4, 0.5) is 0 Å². The normalized spacial score (nSPS) is 21.2. The molecule has 0 aromatic carbocycles. The van der Waals surface area contributed by atoms with Crippen molar-refractivity contribution >= 4 is 5.97 Å². The SMILES string of the molecule is Cc1ncn2c1C(C(=O)O)CCC2. The molecule has 1 unspecified atom stereocenters. The quantitative estimate of drug-likeness (QED) is 0.705. The van der Waals surface area contributed by atoms with Gasteiger partial charge in [0.05, 0.1) is 23.6 Å². The lowest BCUT2D eigenvalue weighted by molar-refractivity contribution is -0.139. The number of hydrogen-bond acceptors (Lipinski definition) is 2. The highest BCUT2D eigenvalue weighted by Crippen LogP contribution is 2.29. The molecule has 1 N–H and O–H groups in total. The number of aliphatic carboxylic acids is 1. The van der Waals surface area contributed by atoms with E-state index >= 15 is 0 Å². The molecule has 2 rings (SSSR count). The van der Waals surface area contributed by atoms with Crippen LogP contribution < -0.4 is 0 Å². The zero-order valence-corrected chi connectivity index (χ0v) is 7.53. The van der Waals surface area contributed by atoms with Crippen molar-refractivity contribution in [2.75, 3.05) is 0 Å². The van der Waals surface area contributed by atoms with Crippen molar-refractivity contribution in [3.8, 4) is 0 Å². The van der Waals surface area contributed by atoms with Crippen LogP contribution in [0.15, 0.2) is 6.33 Å². The van der Waals surface area contributed by atoms with Crippen molar-refractivity contribution in [2.24, 2.45) is 0 Å². The van der Waals surface area contributed by atoms with Gasteiger partial charge in [-0.2, -0.15) is 0 Å². The molecular formula is C9H12N2O2. The van der Waals surface area contributed by atoms with Gasteiger partial charge in [-0.3, -0.25) is 4.79 Å². The molecule has 1 atom stereocenters. The Balaban J connectivity index is 2.46. The van der Waals surface area contributed by atoms with Gasteiger partial charge in [-0.05, 0) is 19.8 Å². The minimum absolute atomic E-state index is 0.351. The molecule has 2 heterocycles. The Morgan fingerprint density at radius 1 is 1.77 bits per heavy atom. The number of rotatable bonds is 1. The highest BCUT2D eigenvalue weighted by atomic mass is 16.4. The number of hydrogen-bond donors (Lipinski definition) is 1. The predicted molar refractivity (Wildman–Crippen MR) is 46.6 cm³/mol. The molecule has 0 bridgehead atoms. The fourth-order valence-corrected chi connectivity index (χ4v) is 1.97. The third-order valence-electron chi connectivity index (χ3n) is 2.59. The second-order valence-electron chi connectivity index (χ2n) is 3.44. The van der Waals surface area contributed by atoms with E-state index in [1.165, 1.54) is 0 Å². The second kappa shape index (κ2) is 2.87. The first-order valence-electron chi connectivity index (χ1n) is 4.44. The summed E-state index contributed by atoms with van der Waals surface area (Å²) in [4.78, 5) is 15.1. The van der Waals surface area contributed by atoms with Gasteiger partial charge in [0.1, 0.15) is 0 Å². The molecule has 4 heteroatoms.